The summed E-state index contributed by atoms with van der Waals surface area (Å²) in [7, 11) is 0. The summed E-state index contributed by atoms with van der Waals surface area (Å²) < 4.78 is 4.72. The maximum Gasteiger partial charge on any atom is 0.317 e. The van der Waals surface area contributed by atoms with Gasteiger partial charge in [-0.3, -0.25) is 9.59 Å². The fraction of sp³-hybridized carbons (Fsp3) is 0.818. The van der Waals surface area contributed by atoms with Crippen LogP contribution >= 0.6 is 0 Å². The van der Waals surface area contributed by atoms with Crippen LogP contribution in [0.3, 0.4) is 0 Å². The normalized spacial score (nSPS) is 49.3. The standard InChI is InChI=1S/C11H15NO3/c1-4(12)6-2-5-3-7(6)9-8(5)10(13)15-11(9)14/h4-9H,2-3,12H2,1H3. The first-order valence-electron chi connectivity index (χ1n) is 5.60. The van der Waals surface area contributed by atoms with E-state index in [0.717, 1.165) is 12.8 Å². The van der Waals surface area contributed by atoms with Gasteiger partial charge in [-0.15, -0.1) is 0 Å². The molecule has 3 fully saturated rings. The summed E-state index contributed by atoms with van der Waals surface area (Å²) in [6.07, 6.45) is 1.98. The van der Waals surface area contributed by atoms with Crippen molar-refractivity contribution in [3.63, 3.8) is 0 Å². The summed E-state index contributed by atoms with van der Waals surface area (Å²) in [6.45, 7) is 1.99. The zero-order valence-electron chi connectivity index (χ0n) is 8.68. The van der Waals surface area contributed by atoms with Gasteiger partial charge < -0.3 is 10.5 Å². The van der Waals surface area contributed by atoms with E-state index in [1.807, 2.05) is 6.92 Å². The predicted molar refractivity (Wildman–Crippen MR) is 51.4 cm³/mol. The SMILES string of the molecule is CC(N)C1CC2CC1C1C(=O)OC(=O)C21. The van der Waals surface area contributed by atoms with Crippen molar-refractivity contribution in [3.8, 4) is 0 Å². The summed E-state index contributed by atoms with van der Waals surface area (Å²) in [5, 5.41) is 0. The van der Waals surface area contributed by atoms with Crippen LogP contribution in [0.2, 0.25) is 0 Å². The molecule has 15 heavy (non-hydrogen) atoms. The van der Waals surface area contributed by atoms with E-state index in [2.05, 4.69) is 0 Å². The van der Waals surface area contributed by atoms with Gasteiger partial charge >= 0.3 is 11.9 Å². The molecule has 6 unspecified atom stereocenters. The van der Waals surface area contributed by atoms with Crippen LogP contribution in [0.25, 0.3) is 0 Å². The fourth-order valence-electron chi connectivity index (χ4n) is 3.91. The number of fused-ring (bicyclic) bond motifs is 5. The molecule has 2 aliphatic carbocycles. The monoisotopic (exact) mass is 209 g/mol. The first kappa shape index (κ1) is 9.33. The lowest BCUT2D eigenvalue weighted by Gasteiger charge is -2.29. The molecule has 6 atom stereocenters. The van der Waals surface area contributed by atoms with Crippen LogP contribution < -0.4 is 5.73 Å². The Bertz CT molecular complexity index is 339. The van der Waals surface area contributed by atoms with Gasteiger partial charge in [0.2, 0.25) is 0 Å². The van der Waals surface area contributed by atoms with Crippen molar-refractivity contribution < 1.29 is 14.3 Å². The number of nitrogens with two attached hydrogens (primary N) is 1. The van der Waals surface area contributed by atoms with Crippen LogP contribution in [0.15, 0.2) is 0 Å². The predicted octanol–water partition coefficient (Wildman–Crippen LogP) is 0.305. The van der Waals surface area contributed by atoms with Gasteiger partial charge in [-0.25, -0.2) is 0 Å². The summed E-state index contributed by atoms with van der Waals surface area (Å²) in [6, 6.07) is 0.115. The number of esters is 2. The third-order valence-electron chi connectivity index (χ3n) is 4.48. The molecule has 82 valence electrons. The Morgan fingerprint density at radius 2 is 1.93 bits per heavy atom. The zero-order chi connectivity index (χ0) is 10.7. The van der Waals surface area contributed by atoms with Crippen molar-refractivity contribution in [3.05, 3.63) is 0 Å². The molecular weight excluding hydrogens is 194 g/mol. The van der Waals surface area contributed by atoms with Crippen molar-refractivity contribution in [1.29, 1.82) is 0 Å². The lowest BCUT2D eigenvalue weighted by molar-refractivity contribution is -0.154. The fourth-order valence-corrected chi connectivity index (χ4v) is 3.91. The number of hydrogen-bond donors (Lipinski definition) is 1. The number of carbonyl (C=O) groups excluding carboxylic acids is 2. The van der Waals surface area contributed by atoms with Crippen molar-refractivity contribution in [2.24, 2.45) is 35.3 Å². The maximum atomic E-state index is 11.5. The number of cyclic esters (lactones) is 2. The molecule has 3 aliphatic rings. The second-order valence-electron chi connectivity index (χ2n) is 5.21. The van der Waals surface area contributed by atoms with Gasteiger partial charge in [0.15, 0.2) is 0 Å². The average molecular weight is 209 g/mol. The maximum absolute atomic E-state index is 11.5. The summed E-state index contributed by atoms with van der Waals surface area (Å²) in [4.78, 5) is 23.0. The number of rotatable bonds is 1. The van der Waals surface area contributed by atoms with Gasteiger partial charge in [0.25, 0.3) is 0 Å². The zero-order valence-corrected chi connectivity index (χ0v) is 8.68. The van der Waals surface area contributed by atoms with Crippen molar-refractivity contribution in [2.45, 2.75) is 25.8 Å². The second-order valence-corrected chi connectivity index (χ2v) is 5.21. The highest BCUT2D eigenvalue weighted by molar-refractivity contribution is 5.97. The third-order valence-corrected chi connectivity index (χ3v) is 4.48. The van der Waals surface area contributed by atoms with Crippen LogP contribution in [-0.4, -0.2) is 18.0 Å². The molecule has 1 heterocycles. The molecule has 1 saturated heterocycles. The van der Waals surface area contributed by atoms with Crippen molar-refractivity contribution in [2.75, 3.05) is 0 Å². The van der Waals surface area contributed by atoms with Crippen LogP contribution in [0.1, 0.15) is 19.8 Å². The largest absolute Gasteiger partial charge is 0.393 e. The molecule has 0 aromatic heterocycles. The molecule has 4 nitrogen and oxygen atoms in total. The van der Waals surface area contributed by atoms with E-state index in [4.69, 9.17) is 10.5 Å². The summed E-state index contributed by atoms with van der Waals surface area (Å²) in [5.74, 6) is 0.122. The highest BCUT2D eigenvalue weighted by Gasteiger charge is 2.63. The molecule has 4 heteroatoms. The third kappa shape index (κ3) is 1.06. The Hall–Kier alpha value is -0.900. The van der Waals surface area contributed by atoms with E-state index >= 15 is 0 Å². The Morgan fingerprint density at radius 1 is 1.27 bits per heavy atom. The molecular formula is C11H15NO3. The van der Waals surface area contributed by atoms with E-state index in [0.29, 0.717) is 17.8 Å². The minimum atomic E-state index is -0.303. The highest BCUT2D eigenvalue weighted by Crippen LogP contribution is 2.58. The number of hydrogen-bond acceptors (Lipinski definition) is 4. The quantitative estimate of drug-likeness (QED) is 0.498. The van der Waals surface area contributed by atoms with Crippen molar-refractivity contribution >= 4 is 11.9 Å². The first-order chi connectivity index (χ1) is 7.09. The van der Waals surface area contributed by atoms with Crippen LogP contribution in [-0.2, 0) is 14.3 Å². The van der Waals surface area contributed by atoms with Gasteiger partial charge in [-0.1, -0.05) is 0 Å². The highest BCUT2D eigenvalue weighted by atomic mass is 16.6. The number of ether oxygens (including phenoxy) is 1. The lowest BCUT2D eigenvalue weighted by atomic mass is 9.73. The molecule has 0 spiro atoms. The molecule has 0 aromatic rings. The Balaban J connectivity index is 1.92. The Morgan fingerprint density at radius 3 is 2.60 bits per heavy atom. The van der Waals surface area contributed by atoms with Gasteiger partial charge in [0.05, 0.1) is 11.8 Å². The van der Waals surface area contributed by atoms with E-state index in [1.54, 1.807) is 0 Å². The second kappa shape index (κ2) is 2.82. The van der Waals surface area contributed by atoms with Crippen LogP contribution in [0, 0.1) is 29.6 Å². The first-order valence-corrected chi connectivity index (χ1v) is 5.60. The summed E-state index contributed by atoms with van der Waals surface area (Å²) >= 11 is 0. The molecule has 0 radical (unpaired) electrons. The van der Waals surface area contributed by atoms with Gasteiger partial charge in [-0.2, -0.15) is 0 Å². The average Bonchev–Trinajstić information content (AvgIpc) is 2.77. The van der Waals surface area contributed by atoms with E-state index in [1.165, 1.54) is 0 Å². The summed E-state index contributed by atoms with van der Waals surface area (Å²) in [5.41, 5.74) is 5.91. The molecule has 1 aliphatic heterocycles. The molecule has 3 rings (SSSR count). The molecule has 0 amide bonds. The van der Waals surface area contributed by atoms with Crippen LogP contribution in [0.5, 0.6) is 0 Å². The molecule has 0 aromatic carbocycles. The molecule has 2 N–H and O–H groups in total. The Labute approximate surface area is 88.1 Å². The number of carbonyl (C=O) groups is 2. The van der Waals surface area contributed by atoms with E-state index < -0.39 is 0 Å². The smallest absolute Gasteiger partial charge is 0.317 e. The van der Waals surface area contributed by atoms with Crippen molar-refractivity contribution in [1.82, 2.24) is 0 Å². The van der Waals surface area contributed by atoms with E-state index in [-0.39, 0.29) is 29.8 Å². The van der Waals surface area contributed by atoms with Gasteiger partial charge in [0, 0.05) is 6.04 Å². The minimum Gasteiger partial charge on any atom is -0.393 e. The molecule has 2 bridgehead atoms. The lowest BCUT2D eigenvalue weighted by Crippen LogP contribution is -2.38. The topological polar surface area (TPSA) is 69.4 Å². The minimum absolute atomic E-state index is 0.115. The van der Waals surface area contributed by atoms with Gasteiger partial charge in [0.1, 0.15) is 0 Å². The molecule has 2 saturated carbocycles. The van der Waals surface area contributed by atoms with Gasteiger partial charge in [-0.05, 0) is 37.5 Å². The van der Waals surface area contributed by atoms with E-state index in [9.17, 15) is 9.59 Å². The Kier molecular flexibility index (Phi) is 1.75. The van der Waals surface area contributed by atoms with Crippen LogP contribution in [0.4, 0.5) is 0 Å².